The molecule has 0 saturated heterocycles. The highest BCUT2D eigenvalue weighted by atomic mass is 32.1. The number of primary amides is 1. The second-order valence-electron chi connectivity index (χ2n) is 3.64. The summed E-state index contributed by atoms with van der Waals surface area (Å²) in [6.07, 6.45) is 0. The van der Waals surface area contributed by atoms with E-state index in [0.29, 0.717) is 4.88 Å². The third-order valence-corrected chi connectivity index (χ3v) is 3.32. The van der Waals surface area contributed by atoms with Gasteiger partial charge in [0.05, 0.1) is 0 Å². The molecule has 0 bridgehead atoms. The van der Waals surface area contributed by atoms with Crippen LogP contribution in [0.2, 0.25) is 0 Å². The molecule has 0 radical (unpaired) electrons. The van der Waals surface area contributed by atoms with Crippen LogP contribution >= 0.6 is 11.3 Å². The van der Waals surface area contributed by atoms with Gasteiger partial charge in [-0.3, -0.25) is 10.1 Å². The van der Waals surface area contributed by atoms with E-state index in [-0.39, 0.29) is 0 Å². The van der Waals surface area contributed by atoms with Crippen molar-refractivity contribution < 1.29 is 19.1 Å². The quantitative estimate of drug-likeness (QED) is 0.825. The normalized spacial score (nSPS) is 10.1. The standard InChI is InChI=1S/C12H10N2O4S/c13-12(17)14-10(15)6-18-11(16)9-5-7-3-1-2-4-8(7)19-9/h1-5H,6H2,(H3,13,14,15,17). The van der Waals surface area contributed by atoms with Gasteiger partial charge in [0.1, 0.15) is 4.88 Å². The molecule has 1 heterocycles. The fraction of sp³-hybridized carbons (Fsp3) is 0.0833. The number of esters is 1. The molecule has 2 aromatic rings. The van der Waals surface area contributed by atoms with Gasteiger partial charge in [-0.2, -0.15) is 0 Å². The number of nitrogens with two attached hydrogens (primary N) is 1. The van der Waals surface area contributed by atoms with Gasteiger partial charge in [0.2, 0.25) is 0 Å². The summed E-state index contributed by atoms with van der Waals surface area (Å²) in [5.41, 5.74) is 4.75. The van der Waals surface area contributed by atoms with Crippen molar-refractivity contribution in [3.8, 4) is 0 Å². The van der Waals surface area contributed by atoms with Crippen LogP contribution in [0.25, 0.3) is 10.1 Å². The number of imide groups is 1. The van der Waals surface area contributed by atoms with Crippen LogP contribution in [0.15, 0.2) is 30.3 Å². The van der Waals surface area contributed by atoms with Gasteiger partial charge < -0.3 is 10.5 Å². The number of thiophene rings is 1. The Morgan fingerprint density at radius 3 is 2.68 bits per heavy atom. The van der Waals surface area contributed by atoms with E-state index < -0.39 is 24.5 Å². The van der Waals surface area contributed by atoms with Gasteiger partial charge in [-0.15, -0.1) is 11.3 Å². The lowest BCUT2D eigenvalue weighted by molar-refractivity contribution is -0.123. The predicted octanol–water partition coefficient (Wildman–Crippen LogP) is 1.25. The van der Waals surface area contributed by atoms with Gasteiger partial charge in [0, 0.05) is 4.70 Å². The summed E-state index contributed by atoms with van der Waals surface area (Å²) >= 11 is 1.27. The molecule has 1 aromatic carbocycles. The zero-order valence-electron chi connectivity index (χ0n) is 9.71. The number of benzene rings is 1. The second kappa shape index (κ2) is 5.49. The lowest BCUT2D eigenvalue weighted by atomic mass is 10.2. The lowest BCUT2D eigenvalue weighted by Crippen LogP contribution is -2.37. The Hall–Kier alpha value is -2.41. The largest absolute Gasteiger partial charge is 0.451 e. The number of fused-ring (bicyclic) bond motifs is 1. The van der Waals surface area contributed by atoms with Gasteiger partial charge in [-0.1, -0.05) is 18.2 Å². The van der Waals surface area contributed by atoms with Gasteiger partial charge >= 0.3 is 12.0 Å². The van der Waals surface area contributed by atoms with Crippen molar-refractivity contribution >= 4 is 39.3 Å². The van der Waals surface area contributed by atoms with Crippen LogP contribution in [0, 0.1) is 0 Å². The molecule has 98 valence electrons. The Balaban J connectivity index is 2.00. The monoisotopic (exact) mass is 278 g/mol. The van der Waals surface area contributed by atoms with Crippen LogP contribution in [-0.2, 0) is 9.53 Å². The molecule has 6 nitrogen and oxygen atoms in total. The van der Waals surface area contributed by atoms with Gasteiger partial charge in [0.25, 0.3) is 5.91 Å². The summed E-state index contributed by atoms with van der Waals surface area (Å²) in [5, 5.41) is 2.73. The molecule has 0 aliphatic carbocycles. The maximum absolute atomic E-state index is 11.7. The molecule has 3 amide bonds. The molecular formula is C12H10N2O4S. The maximum atomic E-state index is 11.7. The summed E-state index contributed by atoms with van der Waals surface area (Å²) in [6, 6.07) is 8.20. The number of amides is 3. The number of hydrogen-bond acceptors (Lipinski definition) is 5. The van der Waals surface area contributed by atoms with E-state index in [2.05, 4.69) is 0 Å². The fourth-order valence-corrected chi connectivity index (χ4v) is 2.41. The van der Waals surface area contributed by atoms with Crippen molar-refractivity contribution in [3.05, 3.63) is 35.2 Å². The van der Waals surface area contributed by atoms with Crippen molar-refractivity contribution in [2.45, 2.75) is 0 Å². The van der Waals surface area contributed by atoms with E-state index in [1.54, 1.807) is 11.4 Å². The zero-order chi connectivity index (χ0) is 13.8. The average molecular weight is 278 g/mol. The average Bonchev–Trinajstić information content (AvgIpc) is 2.78. The van der Waals surface area contributed by atoms with E-state index in [4.69, 9.17) is 10.5 Å². The van der Waals surface area contributed by atoms with E-state index in [0.717, 1.165) is 10.1 Å². The molecule has 0 aliphatic rings. The first-order valence-corrected chi connectivity index (χ1v) is 6.13. The van der Waals surface area contributed by atoms with E-state index in [1.165, 1.54) is 11.3 Å². The van der Waals surface area contributed by atoms with Crippen LogP contribution in [0.1, 0.15) is 9.67 Å². The molecule has 0 fully saturated rings. The van der Waals surface area contributed by atoms with Crippen LogP contribution in [0.4, 0.5) is 4.79 Å². The van der Waals surface area contributed by atoms with Crippen LogP contribution in [-0.4, -0.2) is 24.5 Å². The molecule has 0 atom stereocenters. The van der Waals surface area contributed by atoms with Crippen molar-refractivity contribution in [2.24, 2.45) is 5.73 Å². The number of carbonyl (C=O) groups is 3. The fourth-order valence-electron chi connectivity index (χ4n) is 1.46. The molecular weight excluding hydrogens is 268 g/mol. The smallest absolute Gasteiger partial charge is 0.348 e. The highest BCUT2D eigenvalue weighted by Gasteiger charge is 2.13. The Morgan fingerprint density at radius 2 is 2.00 bits per heavy atom. The summed E-state index contributed by atoms with van der Waals surface area (Å²) in [5.74, 6) is -1.37. The van der Waals surface area contributed by atoms with Gasteiger partial charge in [-0.25, -0.2) is 9.59 Å². The van der Waals surface area contributed by atoms with Crippen LogP contribution in [0.5, 0.6) is 0 Å². The van der Waals surface area contributed by atoms with Crippen LogP contribution in [0.3, 0.4) is 0 Å². The van der Waals surface area contributed by atoms with E-state index >= 15 is 0 Å². The van der Waals surface area contributed by atoms with Crippen LogP contribution < -0.4 is 11.1 Å². The Morgan fingerprint density at radius 1 is 1.26 bits per heavy atom. The Kier molecular flexibility index (Phi) is 3.76. The van der Waals surface area contributed by atoms with Crippen molar-refractivity contribution in [1.29, 1.82) is 0 Å². The second-order valence-corrected chi connectivity index (χ2v) is 4.72. The number of rotatable bonds is 3. The van der Waals surface area contributed by atoms with E-state index in [9.17, 15) is 14.4 Å². The first-order valence-electron chi connectivity index (χ1n) is 5.31. The maximum Gasteiger partial charge on any atom is 0.348 e. The zero-order valence-corrected chi connectivity index (χ0v) is 10.5. The molecule has 3 N–H and O–H groups in total. The summed E-state index contributed by atoms with van der Waals surface area (Å²) in [7, 11) is 0. The molecule has 19 heavy (non-hydrogen) atoms. The molecule has 0 aliphatic heterocycles. The highest BCUT2D eigenvalue weighted by molar-refractivity contribution is 7.20. The number of carbonyl (C=O) groups excluding carboxylic acids is 3. The summed E-state index contributed by atoms with van der Waals surface area (Å²) in [4.78, 5) is 33.6. The SMILES string of the molecule is NC(=O)NC(=O)COC(=O)c1cc2ccccc2s1. The topological polar surface area (TPSA) is 98.5 Å². The van der Waals surface area contributed by atoms with E-state index in [1.807, 2.05) is 24.3 Å². The Bertz CT molecular complexity index is 617. The third-order valence-electron chi connectivity index (χ3n) is 2.22. The number of nitrogens with one attached hydrogen (secondary N) is 1. The molecule has 0 saturated carbocycles. The van der Waals surface area contributed by atoms with Crippen molar-refractivity contribution in [1.82, 2.24) is 5.32 Å². The first kappa shape index (κ1) is 13.0. The number of urea groups is 1. The van der Waals surface area contributed by atoms with Crippen molar-refractivity contribution in [2.75, 3.05) is 6.61 Å². The first-order chi connectivity index (χ1) is 9.06. The molecule has 0 unspecified atom stereocenters. The minimum Gasteiger partial charge on any atom is -0.451 e. The van der Waals surface area contributed by atoms with Crippen molar-refractivity contribution in [3.63, 3.8) is 0 Å². The molecule has 7 heteroatoms. The predicted molar refractivity (Wildman–Crippen MR) is 69.8 cm³/mol. The molecule has 1 aromatic heterocycles. The van der Waals surface area contributed by atoms with Gasteiger partial charge in [0.15, 0.2) is 6.61 Å². The Labute approximate surface area is 112 Å². The number of ether oxygens (including phenoxy) is 1. The highest BCUT2D eigenvalue weighted by Crippen LogP contribution is 2.25. The molecule has 0 spiro atoms. The minimum absolute atomic E-state index is 0.396. The molecule has 2 rings (SSSR count). The third kappa shape index (κ3) is 3.29. The summed E-state index contributed by atoms with van der Waals surface area (Å²) in [6.45, 7) is -0.546. The minimum atomic E-state index is -0.983. The lowest BCUT2D eigenvalue weighted by Gasteiger charge is -2.02. The summed E-state index contributed by atoms with van der Waals surface area (Å²) < 4.78 is 5.73. The van der Waals surface area contributed by atoms with Gasteiger partial charge in [-0.05, 0) is 17.5 Å². The number of hydrogen-bond donors (Lipinski definition) is 2.